The van der Waals surface area contributed by atoms with Crippen LogP contribution in [0, 0.1) is 11.3 Å². The van der Waals surface area contributed by atoms with E-state index >= 15 is 0 Å². The van der Waals surface area contributed by atoms with Crippen LogP contribution in [-0.4, -0.2) is 43.2 Å². The van der Waals surface area contributed by atoms with Crippen molar-refractivity contribution >= 4 is 5.96 Å². The van der Waals surface area contributed by atoms with Crippen LogP contribution in [0.2, 0.25) is 0 Å². The van der Waals surface area contributed by atoms with E-state index in [0.29, 0.717) is 23.5 Å². The summed E-state index contributed by atoms with van der Waals surface area (Å²) in [6.45, 7) is 4.54. The van der Waals surface area contributed by atoms with Crippen LogP contribution in [0.15, 0.2) is 27.8 Å². The van der Waals surface area contributed by atoms with Crippen molar-refractivity contribution in [2.45, 2.75) is 51.3 Å². The fourth-order valence-corrected chi connectivity index (χ4v) is 4.73. The lowest BCUT2D eigenvalue weighted by Gasteiger charge is -2.63. The zero-order valence-electron chi connectivity index (χ0n) is 14.1. The topological polar surface area (TPSA) is 50.0 Å². The van der Waals surface area contributed by atoms with Gasteiger partial charge in [0.25, 0.3) is 0 Å². The van der Waals surface area contributed by atoms with Crippen molar-refractivity contribution in [1.29, 1.82) is 0 Å². The Hall–Kier alpha value is -1.49. The maximum absolute atomic E-state index is 6.02. The second kappa shape index (κ2) is 5.86. The van der Waals surface area contributed by atoms with Gasteiger partial charge >= 0.3 is 0 Å². The van der Waals surface area contributed by atoms with Crippen LogP contribution in [0.4, 0.5) is 0 Å². The fourth-order valence-electron chi connectivity index (χ4n) is 4.73. The average Bonchev–Trinajstić information content (AvgIpc) is 3.12. The molecule has 1 N–H and O–H groups in total. The van der Waals surface area contributed by atoms with E-state index in [9.17, 15) is 0 Å². The number of furan rings is 1. The Morgan fingerprint density at radius 3 is 3.00 bits per heavy atom. The number of nitrogens with zero attached hydrogens (tertiary/aromatic N) is 2. The predicted octanol–water partition coefficient (Wildman–Crippen LogP) is 2.63. The third kappa shape index (κ3) is 2.36. The van der Waals surface area contributed by atoms with E-state index < -0.39 is 0 Å². The first-order valence-corrected chi connectivity index (χ1v) is 8.91. The van der Waals surface area contributed by atoms with Gasteiger partial charge in [-0.25, -0.2) is 0 Å². The molecule has 23 heavy (non-hydrogen) atoms. The monoisotopic (exact) mass is 317 g/mol. The molecule has 5 heteroatoms. The predicted molar refractivity (Wildman–Crippen MR) is 89.2 cm³/mol. The molecule has 1 aromatic heterocycles. The first-order valence-electron chi connectivity index (χ1n) is 8.91. The highest BCUT2D eigenvalue weighted by atomic mass is 16.5. The molecule has 3 fully saturated rings. The molecule has 2 saturated carbocycles. The van der Waals surface area contributed by atoms with Crippen LogP contribution < -0.4 is 5.32 Å². The van der Waals surface area contributed by atoms with Crippen molar-refractivity contribution in [3.05, 3.63) is 24.2 Å². The first-order chi connectivity index (χ1) is 11.2. The third-order valence-electron chi connectivity index (χ3n) is 5.96. The normalized spacial score (nSPS) is 31.4. The summed E-state index contributed by atoms with van der Waals surface area (Å²) in [5.41, 5.74) is 0.376. The second-order valence-corrected chi connectivity index (χ2v) is 7.19. The number of hydrogen-bond donors (Lipinski definition) is 1. The molecule has 3 unspecified atom stereocenters. The number of aliphatic imine (C=N–C) groups is 1. The summed E-state index contributed by atoms with van der Waals surface area (Å²) in [6.07, 6.45) is 7.34. The Morgan fingerprint density at radius 1 is 1.48 bits per heavy atom. The smallest absolute Gasteiger partial charge is 0.194 e. The van der Waals surface area contributed by atoms with Gasteiger partial charge in [-0.3, -0.25) is 4.99 Å². The van der Waals surface area contributed by atoms with Gasteiger partial charge in [-0.2, -0.15) is 0 Å². The Morgan fingerprint density at radius 2 is 2.35 bits per heavy atom. The molecule has 0 radical (unpaired) electrons. The largest absolute Gasteiger partial charge is 0.467 e. The van der Waals surface area contributed by atoms with E-state index in [2.05, 4.69) is 24.2 Å². The molecule has 0 amide bonds. The Balaban J connectivity index is 1.47. The molecule has 126 valence electrons. The van der Waals surface area contributed by atoms with Gasteiger partial charge < -0.3 is 19.4 Å². The van der Waals surface area contributed by atoms with E-state index in [0.717, 1.165) is 31.4 Å². The van der Waals surface area contributed by atoms with Crippen LogP contribution in [0.3, 0.4) is 0 Å². The highest BCUT2D eigenvalue weighted by Crippen LogP contribution is 2.62. The molecule has 0 bridgehead atoms. The van der Waals surface area contributed by atoms with Gasteiger partial charge in [-0.15, -0.1) is 0 Å². The number of hydrogen-bond acceptors (Lipinski definition) is 3. The van der Waals surface area contributed by atoms with Crippen LogP contribution >= 0.6 is 0 Å². The maximum atomic E-state index is 6.02. The number of fused-ring (bicyclic) bond motifs is 2. The van der Waals surface area contributed by atoms with Crippen molar-refractivity contribution in [2.24, 2.45) is 16.3 Å². The first kappa shape index (κ1) is 15.1. The van der Waals surface area contributed by atoms with Gasteiger partial charge in [-0.05, 0) is 38.3 Å². The summed E-state index contributed by atoms with van der Waals surface area (Å²) >= 11 is 0. The van der Waals surface area contributed by atoms with Crippen molar-refractivity contribution in [3.63, 3.8) is 0 Å². The molecule has 3 atom stereocenters. The molecular formula is C18H27N3O2. The number of ether oxygens (including phenoxy) is 1. The van der Waals surface area contributed by atoms with Gasteiger partial charge in [0, 0.05) is 37.6 Å². The van der Waals surface area contributed by atoms with Gasteiger partial charge in [0.05, 0.1) is 18.9 Å². The minimum Gasteiger partial charge on any atom is -0.467 e. The Labute approximate surface area is 138 Å². The van der Waals surface area contributed by atoms with Crippen molar-refractivity contribution in [2.75, 3.05) is 20.2 Å². The molecular weight excluding hydrogens is 290 g/mol. The maximum Gasteiger partial charge on any atom is 0.194 e. The molecule has 3 aliphatic rings. The van der Waals surface area contributed by atoms with Crippen LogP contribution in [-0.2, 0) is 11.3 Å². The van der Waals surface area contributed by atoms with Crippen molar-refractivity contribution in [3.8, 4) is 0 Å². The summed E-state index contributed by atoms with van der Waals surface area (Å²) in [7, 11) is 2.08. The van der Waals surface area contributed by atoms with E-state index in [1.807, 2.05) is 12.1 Å². The number of nitrogens with one attached hydrogen (secondary N) is 1. The summed E-state index contributed by atoms with van der Waals surface area (Å²) in [5, 5.41) is 3.79. The number of guanidine groups is 1. The van der Waals surface area contributed by atoms with Gasteiger partial charge in [-0.1, -0.05) is 6.42 Å². The highest BCUT2D eigenvalue weighted by molar-refractivity contribution is 5.80. The minimum absolute atomic E-state index is 0.376. The highest BCUT2D eigenvalue weighted by Gasteiger charge is 2.66. The number of rotatable bonds is 4. The molecule has 1 aliphatic heterocycles. The van der Waals surface area contributed by atoms with E-state index in [1.165, 1.54) is 25.7 Å². The summed E-state index contributed by atoms with van der Waals surface area (Å²) in [6, 6.07) is 4.47. The lowest BCUT2D eigenvalue weighted by atomic mass is 9.46. The fraction of sp³-hybridized carbons (Fsp3) is 0.722. The van der Waals surface area contributed by atoms with Gasteiger partial charge in [0.2, 0.25) is 0 Å². The Kier molecular flexibility index (Phi) is 3.84. The molecule has 4 rings (SSSR count). The Bertz CT molecular complexity index is 565. The molecule has 5 nitrogen and oxygen atoms in total. The molecule has 2 aliphatic carbocycles. The molecule has 1 saturated heterocycles. The SMILES string of the molecule is CCN=C(NC1C2CCOC2C12CCC2)N(C)Cc1ccco1. The minimum atomic E-state index is 0.376. The third-order valence-corrected chi connectivity index (χ3v) is 5.96. The summed E-state index contributed by atoms with van der Waals surface area (Å²) in [5.74, 6) is 2.62. The summed E-state index contributed by atoms with van der Waals surface area (Å²) in [4.78, 5) is 6.88. The quantitative estimate of drug-likeness (QED) is 0.685. The standard InChI is InChI=1S/C18H27N3O2/c1-3-19-17(21(2)12-13-6-4-10-22-13)20-15-14-7-11-23-16(14)18(15)8-5-9-18/h4,6,10,14-16H,3,5,7-9,11-12H2,1-2H3,(H,19,20). The second-order valence-electron chi connectivity index (χ2n) is 7.19. The summed E-state index contributed by atoms with van der Waals surface area (Å²) < 4.78 is 11.5. The zero-order valence-corrected chi connectivity index (χ0v) is 14.1. The van der Waals surface area contributed by atoms with E-state index in [-0.39, 0.29) is 0 Å². The molecule has 1 aromatic rings. The zero-order chi connectivity index (χ0) is 15.9. The van der Waals surface area contributed by atoms with Gasteiger partial charge in [0.1, 0.15) is 5.76 Å². The molecule has 1 spiro atoms. The molecule has 2 heterocycles. The van der Waals surface area contributed by atoms with E-state index in [1.54, 1.807) is 6.26 Å². The van der Waals surface area contributed by atoms with Crippen molar-refractivity contribution < 1.29 is 9.15 Å². The van der Waals surface area contributed by atoms with Gasteiger partial charge in [0.15, 0.2) is 5.96 Å². The molecule has 0 aromatic carbocycles. The van der Waals surface area contributed by atoms with E-state index in [4.69, 9.17) is 14.1 Å². The van der Waals surface area contributed by atoms with Crippen LogP contribution in [0.25, 0.3) is 0 Å². The van der Waals surface area contributed by atoms with Crippen LogP contribution in [0.1, 0.15) is 38.4 Å². The lowest BCUT2D eigenvalue weighted by molar-refractivity contribution is -0.171. The average molecular weight is 317 g/mol. The van der Waals surface area contributed by atoms with Crippen LogP contribution in [0.5, 0.6) is 0 Å². The lowest BCUT2D eigenvalue weighted by Crippen LogP contribution is -2.72. The van der Waals surface area contributed by atoms with Crippen molar-refractivity contribution in [1.82, 2.24) is 10.2 Å².